The molecule has 0 saturated carbocycles. The summed E-state index contributed by atoms with van der Waals surface area (Å²) in [6.07, 6.45) is -4.89. The van der Waals surface area contributed by atoms with Crippen molar-refractivity contribution in [1.29, 1.82) is 0 Å². The van der Waals surface area contributed by atoms with Crippen molar-refractivity contribution in [3.05, 3.63) is 33.4 Å². The Morgan fingerprint density at radius 1 is 1.23 bits per heavy atom. The van der Waals surface area contributed by atoms with Crippen LogP contribution in [-0.4, -0.2) is 47.2 Å². The molecule has 2 amide bonds. The van der Waals surface area contributed by atoms with Crippen molar-refractivity contribution in [3.8, 4) is 0 Å². The van der Waals surface area contributed by atoms with E-state index in [2.05, 4.69) is 10.6 Å². The van der Waals surface area contributed by atoms with E-state index in [1.165, 1.54) is 4.90 Å². The number of nitrogens with one attached hydrogen (secondary N) is 2. The van der Waals surface area contributed by atoms with Crippen LogP contribution in [0.1, 0.15) is 56.0 Å². The Labute approximate surface area is 177 Å². The van der Waals surface area contributed by atoms with Crippen LogP contribution in [0.2, 0.25) is 0 Å². The molecular weight excluding hydrogens is 421 g/mol. The molecule has 1 heterocycles. The van der Waals surface area contributed by atoms with E-state index in [1.54, 1.807) is 20.8 Å². The van der Waals surface area contributed by atoms with Crippen molar-refractivity contribution in [2.75, 3.05) is 18.9 Å². The second-order valence-electron chi connectivity index (χ2n) is 8.08. The van der Waals surface area contributed by atoms with Crippen molar-refractivity contribution in [2.45, 2.75) is 58.0 Å². The Hall–Kier alpha value is -3.05. The first-order chi connectivity index (χ1) is 14.2. The molecule has 0 bridgehead atoms. The van der Waals surface area contributed by atoms with E-state index < -0.39 is 57.4 Å². The van der Waals surface area contributed by atoms with E-state index in [0.717, 1.165) is 13.1 Å². The number of amides is 2. The van der Waals surface area contributed by atoms with Gasteiger partial charge in [0.1, 0.15) is 17.5 Å². The van der Waals surface area contributed by atoms with Crippen molar-refractivity contribution in [2.24, 2.45) is 0 Å². The van der Waals surface area contributed by atoms with Crippen LogP contribution in [0.25, 0.3) is 0 Å². The van der Waals surface area contributed by atoms with Crippen molar-refractivity contribution in [3.63, 3.8) is 0 Å². The van der Waals surface area contributed by atoms with Gasteiger partial charge in [-0.2, -0.15) is 13.2 Å². The smallest absolute Gasteiger partial charge is 0.418 e. The molecule has 12 heteroatoms. The fourth-order valence-corrected chi connectivity index (χ4v) is 3.31. The lowest BCUT2D eigenvalue weighted by molar-refractivity contribution is -0.384. The highest BCUT2D eigenvalue weighted by atomic mass is 19.4. The lowest BCUT2D eigenvalue weighted by atomic mass is 10.0. The van der Waals surface area contributed by atoms with Gasteiger partial charge in [0, 0.05) is 25.2 Å². The summed E-state index contributed by atoms with van der Waals surface area (Å²) in [4.78, 5) is 36.8. The third kappa shape index (κ3) is 5.98. The van der Waals surface area contributed by atoms with E-state index in [0.29, 0.717) is 25.3 Å². The molecule has 0 unspecified atom stereocenters. The second kappa shape index (κ2) is 8.98. The fourth-order valence-electron chi connectivity index (χ4n) is 3.31. The number of likely N-dealkylation sites (tertiary alicyclic amines) is 1. The average Bonchev–Trinajstić information content (AvgIpc) is 2.64. The van der Waals surface area contributed by atoms with Gasteiger partial charge in [0.15, 0.2) is 0 Å². The van der Waals surface area contributed by atoms with Crippen LogP contribution in [0.4, 0.5) is 29.3 Å². The highest BCUT2D eigenvalue weighted by molar-refractivity contribution is 5.97. The topological polar surface area (TPSA) is 114 Å². The van der Waals surface area contributed by atoms with E-state index in [4.69, 9.17) is 4.74 Å². The van der Waals surface area contributed by atoms with Crippen LogP contribution in [0.5, 0.6) is 0 Å². The number of alkyl halides is 3. The van der Waals surface area contributed by atoms with Gasteiger partial charge in [-0.3, -0.25) is 14.9 Å². The molecule has 0 radical (unpaired) electrons. The highest BCUT2D eigenvalue weighted by Gasteiger charge is 2.39. The molecule has 31 heavy (non-hydrogen) atoms. The van der Waals surface area contributed by atoms with Crippen molar-refractivity contribution >= 4 is 23.4 Å². The molecule has 1 saturated heterocycles. The van der Waals surface area contributed by atoms with Crippen LogP contribution in [0.3, 0.4) is 0 Å². The molecule has 172 valence electrons. The predicted molar refractivity (Wildman–Crippen MR) is 106 cm³/mol. The van der Waals surface area contributed by atoms with E-state index >= 15 is 0 Å². The monoisotopic (exact) mass is 446 g/mol. The number of benzene rings is 1. The summed E-state index contributed by atoms with van der Waals surface area (Å²) in [5, 5.41) is 16.1. The Morgan fingerprint density at radius 3 is 2.39 bits per heavy atom. The largest absolute Gasteiger partial charge is 0.444 e. The van der Waals surface area contributed by atoms with Gasteiger partial charge < -0.3 is 20.3 Å². The molecule has 0 aromatic heterocycles. The molecule has 0 spiro atoms. The summed E-state index contributed by atoms with van der Waals surface area (Å²) in [5.74, 6) is -0.850. The molecule has 1 aromatic carbocycles. The number of hydrogen-bond donors (Lipinski definition) is 2. The Kier molecular flexibility index (Phi) is 7.02. The Morgan fingerprint density at radius 2 is 1.87 bits per heavy atom. The maximum Gasteiger partial charge on any atom is 0.418 e. The van der Waals surface area contributed by atoms with Crippen LogP contribution in [-0.2, 0) is 10.9 Å². The number of carbonyl (C=O) groups is 2. The number of halogens is 3. The maximum absolute atomic E-state index is 13.5. The van der Waals surface area contributed by atoms with Gasteiger partial charge in [-0.1, -0.05) is 0 Å². The lowest BCUT2D eigenvalue weighted by Gasteiger charge is -2.36. The number of hydrogen-bond acceptors (Lipinski definition) is 6. The molecule has 1 aliphatic rings. The number of anilines is 1. The minimum Gasteiger partial charge on any atom is -0.444 e. The van der Waals surface area contributed by atoms with E-state index in [-0.39, 0.29) is 6.54 Å². The molecule has 1 aromatic rings. The number of piperidine rings is 1. The van der Waals surface area contributed by atoms with Gasteiger partial charge in [-0.15, -0.1) is 0 Å². The van der Waals surface area contributed by atoms with Gasteiger partial charge >= 0.3 is 12.3 Å². The molecule has 1 aliphatic heterocycles. The first-order valence-electron chi connectivity index (χ1n) is 9.62. The molecular formula is C19H25F3N4O5. The van der Waals surface area contributed by atoms with Gasteiger partial charge in [-0.25, -0.2) is 4.79 Å². The summed E-state index contributed by atoms with van der Waals surface area (Å²) < 4.78 is 45.7. The molecule has 9 nitrogen and oxygen atoms in total. The minimum atomic E-state index is -4.92. The number of nitro groups is 1. The van der Waals surface area contributed by atoms with Gasteiger partial charge in [-0.05, 0) is 46.1 Å². The normalized spacial score (nSPS) is 17.1. The summed E-state index contributed by atoms with van der Waals surface area (Å²) in [6.45, 7) is 5.16. The molecule has 1 atom stereocenters. The third-order valence-corrected chi connectivity index (χ3v) is 4.56. The predicted octanol–water partition coefficient (Wildman–Crippen LogP) is 4.13. The van der Waals surface area contributed by atoms with Crippen LogP contribution in [0.15, 0.2) is 12.1 Å². The number of rotatable bonds is 4. The second-order valence-corrected chi connectivity index (χ2v) is 8.08. The molecule has 1 fully saturated rings. The Balaban J connectivity index is 2.42. The fraction of sp³-hybridized carbons (Fsp3) is 0.579. The number of nitro benzene ring substituents is 1. The molecule has 2 N–H and O–H groups in total. The van der Waals surface area contributed by atoms with Crippen LogP contribution < -0.4 is 10.6 Å². The summed E-state index contributed by atoms with van der Waals surface area (Å²) in [6, 6.07) is 1.39. The molecule has 0 aliphatic carbocycles. The summed E-state index contributed by atoms with van der Waals surface area (Å²) >= 11 is 0. The maximum atomic E-state index is 13.5. The Bertz CT molecular complexity index is 867. The van der Waals surface area contributed by atoms with Gasteiger partial charge in [0.05, 0.1) is 10.5 Å². The van der Waals surface area contributed by atoms with Gasteiger partial charge in [0.25, 0.3) is 11.6 Å². The number of carbonyl (C=O) groups excluding carboxylic acids is 2. The number of nitrogens with zero attached hydrogens (tertiary/aromatic N) is 2. The summed E-state index contributed by atoms with van der Waals surface area (Å²) in [5.41, 5.74) is -4.18. The third-order valence-electron chi connectivity index (χ3n) is 4.56. The van der Waals surface area contributed by atoms with Gasteiger partial charge in [0.2, 0.25) is 0 Å². The van der Waals surface area contributed by atoms with Crippen molar-refractivity contribution < 1.29 is 32.4 Å². The zero-order valence-electron chi connectivity index (χ0n) is 17.6. The highest BCUT2D eigenvalue weighted by Crippen LogP contribution is 2.41. The van der Waals surface area contributed by atoms with Crippen molar-refractivity contribution in [1.82, 2.24) is 10.2 Å². The number of alkyl carbamates (subject to hydrolysis) is 1. The molecule has 2 rings (SSSR count). The number of ether oxygens (including phenoxy) is 1. The first-order valence-corrected chi connectivity index (χ1v) is 9.62. The zero-order valence-corrected chi connectivity index (χ0v) is 17.6. The standard InChI is InChI=1S/C19H25F3N4O5/c1-18(2,3)31-17(28)24-14-7-5-6-8-25(14)16(27)11-9-12(19(20,21)22)15(23-4)13(10-11)26(29)30/h9-10,14,23H,5-8H2,1-4H3,(H,24,28)/t14-/m1/s1. The average molecular weight is 446 g/mol. The quantitative estimate of drug-likeness (QED) is 0.531. The minimum absolute atomic E-state index is 0.169. The van der Waals surface area contributed by atoms with Crippen LogP contribution >= 0.6 is 0 Å². The zero-order chi connectivity index (χ0) is 23.6. The van der Waals surface area contributed by atoms with E-state index in [9.17, 15) is 32.9 Å². The lowest BCUT2D eigenvalue weighted by Crippen LogP contribution is -2.54. The first kappa shape index (κ1) is 24.2. The summed E-state index contributed by atoms with van der Waals surface area (Å²) in [7, 11) is 1.13. The van der Waals surface area contributed by atoms with Crippen LogP contribution in [0, 0.1) is 10.1 Å². The SMILES string of the molecule is CNc1c([N+](=O)[O-])cc(C(=O)N2CCCC[C@@H]2NC(=O)OC(C)(C)C)cc1C(F)(F)F. The van der Waals surface area contributed by atoms with E-state index in [1.807, 2.05) is 0 Å².